The van der Waals surface area contributed by atoms with Crippen LogP contribution in [0.3, 0.4) is 0 Å². The van der Waals surface area contributed by atoms with Gasteiger partial charge in [0.2, 0.25) is 18.2 Å². The van der Waals surface area contributed by atoms with E-state index in [9.17, 15) is 32.3 Å². The number of piperazine rings is 1. The molecule has 4 N–H and O–H groups in total. The molecule has 5 aliphatic rings. The Kier molecular flexibility index (Phi) is 14.5. The zero-order chi connectivity index (χ0) is 52.7. The van der Waals surface area contributed by atoms with Crippen molar-refractivity contribution in [1.29, 1.82) is 0 Å². The Morgan fingerprint density at radius 3 is 2.26 bits per heavy atom. The van der Waals surface area contributed by atoms with Gasteiger partial charge >= 0.3 is 12.3 Å². The van der Waals surface area contributed by atoms with Crippen molar-refractivity contribution >= 4 is 52.5 Å². The summed E-state index contributed by atoms with van der Waals surface area (Å²) >= 11 is 0. The van der Waals surface area contributed by atoms with Crippen LogP contribution < -0.4 is 26.0 Å². The van der Waals surface area contributed by atoms with E-state index in [2.05, 4.69) is 54.5 Å². The molecular formula is C50H63F3N14O7. The van der Waals surface area contributed by atoms with E-state index in [0.29, 0.717) is 97.2 Å². The first kappa shape index (κ1) is 51.8. The van der Waals surface area contributed by atoms with Gasteiger partial charge in [-0.25, -0.2) is 29.4 Å². The van der Waals surface area contributed by atoms with Crippen LogP contribution >= 0.6 is 0 Å². The average Bonchev–Trinajstić information content (AvgIpc) is 3.98. The van der Waals surface area contributed by atoms with E-state index in [1.807, 2.05) is 25.5 Å². The monoisotopic (exact) mass is 1030 g/mol. The molecule has 10 rings (SSSR count). The second-order valence-corrected chi connectivity index (χ2v) is 20.9. The van der Waals surface area contributed by atoms with Crippen molar-refractivity contribution in [2.24, 2.45) is 5.92 Å². The highest BCUT2D eigenvalue weighted by molar-refractivity contribution is 6.02. The number of benzene rings is 1. The molecule has 4 aromatic heterocycles. The van der Waals surface area contributed by atoms with Gasteiger partial charge in [-0.3, -0.25) is 24.6 Å². The second kappa shape index (κ2) is 20.7. The molecule has 74 heavy (non-hydrogen) atoms. The fourth-order valence-corrected chi connectivity index (χ4v) is 10.1. The molecule has 1 aliphatic carbocycles. The summed E-state index contributed by atoms with van der Waals surface area (Å²) in [6.07, 6.45) is 4.76. The van der Waals surface area contributed by atoms with Gasteiger partial charge in [-0.1, -0.05) is 5.16 Å². The Morgan fingerprint density at radius 1 is 0.932 bits per heavy atom. The summed E-state index contributed by atoms with van der Waals surface area (Å²) < 4.78 is 60.7. The molecule has 0 radical (unpaired) electrons. The van der Waals surface area contributed by atoms with Gasteiger partial charge in [0, 0.05) is 68.5 Å². The van der Waals surface area contributed by atoms with Gasteiger partial charge in [0.05, 0.1) is 54.1 Å². The van der Waals surface area contributed by atoms with Crippen molar-refractivity contribution in [3.05, 3.63) is 48.2 Å². The fraction of sp³-hybridized carbons (Fsp3) is 0.560. The molecule has 1 unspecified atom stereocenters. The number of imide groups is 1. The number of alkyl halides is 3. The van der Waals surface area contributed by atoms with Crippen LogP contribution in [0, 0.1) is 5.92 Å². The van der Waals surface area contributed by atoms with Gasteiger partial charge in [0.15, 0.2) is 23.0 Å². The molecule has 0 spiro atoms. The Labute approximate surface area is 425 Å². The highest BCUT2D eigenvalue weighted by Crippen LogP contribution is 2.48. The van der Waals surface area contributed by atoms with Crippen molar-refractivity contribution in [3.8, 4) is 28.5 Å². The third-order valence-electron chi connectivity index (χ3n) is 14.5. The number of rotatable bonds is 12. The van der Waals surface area contributed by atoms with Crippen molar-refractivity contribution in [3.63, 3.8) is 0 Å². The van der Waals surface area contributed by atoms with Crippen LogP contribution in [0.1, 0.15) is 97.3 Å². The number of nitrogen functional groups attached to an aromatic ring is 1. The van der Waals surface area contributed by atoms with Gasteiger partial charge in [-0.2, -0.15) is 18.3 Å². The first-order valence-electron chi connectivity index (χ1n) is 25.1. The van der Waals surface area contributed by atoms with Gasteiger partial charge < -0.3 is 39.7 Å². The minimum atomic E-state index is -4.55. The number of aromatic nitrogens is 7. The van der Waals surface area contributed by atoms with Gasteiger partial charge in [-0.15, -0.1) is 0 Å². The molecule has 1 aromatic carbocycles. The summed E-state index contributed by atoms with van der Waals surface area (Å²) in [7, 11) is 0. The number of halogens is 3. The molecule has 5 fully saturated rings. The standard InChI is InChI=1S/C25H34F3N5O3.C25H29N9O4/c1-24(2,17-7-9-31(16-34)10-8-17)33-13-11-32(12-14-33)21-5-3-18(15-19(21)25(26,27)28)29-20-4-6-22(35)30-23(20)36;1-5-36-24(35)33-10-15(11-33)37-14-8-27-22(28-9-14)16-19(32-38-20(16)13-6-7-13)18-17-21(26)29-12-30-23(17)34(31-18)25(2,3)4/h3,5,15-17,20,29H,4,6-14H2,1-2H3,(H,30,35,36);8-9,12-13,15H,5-7,10-11H2,1-4H3,(H2,26,29,30). The number of likely N-dealkylation sites (tertiary alicyclic amines) is 2. The van der Waals surface area contributed by atoms with Crippen LogP contribution in [0.5, 0.6) is 5.75 Å². The smallest absolute Gasteiger partial charge is 0.418 e. The minimum Gasteiger partial charge on any atom is -0.483 e. The lowest BCUT2D eigenvalue weighted by atomic mass is 9.79. The fourth-order valence-electron chi connectivity index (χ4n) is 10.1. The van der Waals surface area contributed by atoms with E-state index in [1.54, 1.807) is 40.1 Å². The van der Waals surface area contributed by atoms with E-state index in [0.717, 1.165) is 57.0 Å². The largest absolute Gasteiger partial charge is 0.483 e. The highest BCUT2D eigenvalue weighted by Gasteiger charge is 2.42. The number of hydrogen-bond acceptors (Lipinski definition) is 17. The summed E-state index contributed by atoms with van der Waals surface area (Å²) in [5.74, 6) is 1.76. The second-order valence-electron chi connectivity index (χ2n) is 20.9. The minimum absolute atomic E-state index is 0.107. The number of nitrogens with two attached hydrogens (primary N) is 1. The Hall–Kier alpha value is -7.11. The van der Waals surface area contributed by atoms with Gasteiger partial charge in [0.25, 0.3) is 0 Å². The maximum atomic E-state index is 14.0. The van der Waals surface area contributed by atoms with Crippen LogP contribution in [-0.4, -0.2) is 151 Å². The molecule has 1 atom stereocenters. The van der Waals surface area contributed by atoms with E-state index < -0.39 is 23.7 Å². The van der Waals surface area contributed by atoms with Gasteiger partial charge in [0.1, 0.15) is 35.7 Å². The summed E-state index contributed by atoms with van der Waals surface area (Å²) in [5, 5.41) is 15.0. The Morgan fingerprint density at radius 2 is 1.64 bits per heavy atom. The van der Waals surface area contributed by atoms with Crippen molar-refractivity contribution in [1.82, 2.24) is 54.9 Å². The summed E-state index contributed by atoms with van der Waals surface area (Å²) in [4.78, 5) is 71.5. The van der Waals surface area contributed by atoms with Crippen LogP contribution in [0.4, 0.5) is 35.2 Å². The molecule has 4 saturated heterocycles. The molecule has 0 bridgehead atoms. The van der Waals surface area contributed by atoms with Crippen LogP contribution in [-0.2, 0) is 30.8 Å². The molecule has 5 aromatic rings. The molecule has 4 aliphatic heterocycles. The Balaban J connectivity index is 0.000000182. The maximum absolute atomic E-state index is 14.0. The first-order chi connectivity index (χ1) is 35.2. The van der Waals surface area contributed by atoms with E-state index in [4.69, 9.17) is 24.8 Å². The topological polar surface area (TPSA) is 245 Å². The number of nitrogens with one attached hydrogen (secondary N) is 2. The van der Waals surface area contributed by atoms with Gasteiger partial charge in [-0.05, 0) is 97.8 Å². The van der Waals surface area contributed by atoms with Crippen LogP contribution in [0.2, 0.25) is 0 Å². The third kappa shape index (κ3) is 10.9. The number of anilines is 3. The molecule has 396 valence electrons. The summed E-state index contributed by atoms with van der Waals surface area (Å²) in [5.41, 5.74) is 7.74. The average molecular weight is 1030 g/mol. The van der Waals surface area contributed by atoms with Crippen molar-refractivity contribution in [2.75, 3.05) is 74.9 Å². The van der Waals surface area contributed by atoms with Crippen molar-refractivity contribution < 1.29 is 46.3 Å². The summed E-state index contributed by atoms with van der Waals surface area (Å²) in [6, 6.07) is 3.33. The third-order valence-corrected chi connectivity index (χ3v) is 14.5. The lowest BCUT2D eigenvalue weighted by Crippen LogP contribution is -2.59. The maximum Gasteiger partial charge on any atom is 0.418 e. The normalized spacial score (nSPS) is 19.4. The predicted molar refractivity (Wildman–Crippen MR) is 266 cm³/mol. The summed E-state index contributed by atoms with van der Waals surface area (Å²) in [6.45, 7) is 17.3. The predicted octanol–water partition coefficient (Wildman–Crippen LogP) is 6.06. The van der Waals surface area contributed by atoms with E-state index in [1.165, 1.54) is 12.4 Å². The molecule has 8 heterocycles. The quantitative estimate of drug-likeness (QED) is 0.0949. The number of nitrogens with zero attached hydrogens (tertiary/aromatic N) is 11. The van der Waals surface area contributed by atoms with E-state index >= 15 is 0 Å². The lowest BCUT2D eigenvalue weighted by Gasteiger charge is -2.50. The molecule has 4 amide bonds. The zero-order valence-corrected chi connectivity index (χ0v) is 42.4. The zero-order valence-electron chi connectivity index (χ0n) is 42.4. The number of carbonyl (C=O) groups is 4. The highest BCUT2D eigenvalue weighted by atomic mass is 19.4. The molecule has 21 nitrogen and oxygen atoms in total. The molecular weight excluding hydrogens is 966 g/mol. The Bertz CT molecular complexity index is 2860. The van der Waals surface area contributed by atoms with Crippen LogP contribution in [0.25, 0.3) is 33.8 Å². The molecule has 24 heteroatoms. The number of carbonyl (C=O) groups excluding carboxylic acids is 4. The SMILES string of the molecule is CC(C)(C1CCN(C=O)CC1)N1CCN(c2ccc(NC3CCC(=O)NC3=O)cc2C(F)(F)F)CC1.CCOC(=O)N1CC(Oc2cnc(-c3c(-c4nn(C(C)(C)C)c5ncnc(N)c45)noc3C3CC3)nc2)C1. The number of hydrogen-bond donors (Lipinski definition) is 3. The number of fused-ring (bicyclic) bond motifs is 1. The number of piperidine rings is 2. The molecule has 1 saturated carbocycles. The number of ether oxygens (including phenoxy) is 2. The van der Waals surface area contributed by atoms with Crippen molar-refractivity contribution in [2.45, 2.75) is 115 Å². The van der Waals surface area contributed by atoms with Crippen LogP contribution in [0.15, 0.2) is 41.4 Å². The van der Waals surface area contributed by atoms with E-state index in [-0.39, 0.29) is 59.3 Å². The number of amides is 4. The lowest BCUT2D eigenvalue weighted by molar-refractivity contribution is -0.137. The first-order valence-corrected chi connectivity index (χ1v) is 25.1.